The van der Waals surface area contributed by atoms with Gasteiger partial charge >= 0.3 is 12.3 Å². The Morgan fingerprint density at radius 2 is 1.48 bits per heavy atom. The van der Waals surface area contributed by atoms with Crippen LogP contribution in [0.15, 0.2) is 54.4 Å². The van der Waals surface area contributed by atoms with Crippen molar-refractivity contribution in [1.82, 2.24) is 0 Å². The zero-order valence-corrected chi connectivity index (χ0v) is 16.7. The molecular formula is C23H21F7O. The number of hydrogen-bond acceptors (Lipinski definition) is 1. The molecule has 2 aromatic carbocycles. The molecule has 0 aromatic heterocycles. The van der Waals surface area contributed by atoms with Gasteiger partial charge in [-0.25, -0.2) is 8.78 Å². The van der Waals surface area contributed by atoms with E-state index in [4.69, 9.17) is 4.74 Å². The van der Waals surface area contributed by atoms with Gasteiger partial charge in [0.05, 0.1) is 11.7 Å². The topological polar surface area (TPSA) is 9.23 Å². The monoisotopic (exact) mass is 446 g/mol. The normalized spacial score (nSPS) is 20.7. The number of halogens is 7. The molecule has 31 heavy (non-hydrogen) atoms. The summed E-state index contributed by atoms with van der Waals surface area (Å²) in [4.78, 5) is 0. The Balaban J connectivity index is 1.65. The molecule has 168 valence electrons. The van der Waals surface area contributed by atoms with Crippen molar-refractivity contribution in [3.63, 3.8) is 0 Å². The molecule has 3 rings (SSSR count). The van der Waals surface area contributed by atoms with Crippen LogP contribution in [-0.2, 0) is 10.8 Å². The SMILES string of the molecule is Cc1ccc(-c2ccc(C(F)(F)OC3CCC(C=C(F)C(F)(F)F)CC3)c(F)c2)cc1. The van der Waals surface area contributed by atoms with Crippen molar-refractivity contribution in [3.05, 3.63) is 71.3 Å². The molecule has 1 nitrogen and oxygen atoms in total. The highest BCUT2D eigenvalue weighted by molar-refractivity contribution is 5.64. The third-order valence-corrected chi connectivity index (χ3v) is 5.35. The number of rotatable bonds is 5. The molecule has 2 aromatic rings. The standard InChI is InChI=1S/C23H21F7O/c1-14-2-6-16(7-3-14)17-8-11-19(20(24)13-17)23(29,30)31-18-9-4-15(5-10-18)12-21(25)22(26,27)28/h2-3,6-8,11-13,15,18H,4-5,9-10H2,1H3. The summed E-state index contributed by atoms with van der Waals surface area (Å²) in [5, 5.41) is 0. The lowest BCUT2D eigenvalue weighted by molar-refractivity contribution is -0.279. The fourth-order valence-corrected chi connectivity index (χ4v) is 3.62. The van der Waals surface area contributed by atoms with E-state index in [-0.39, 0.29) is 25.7 Å². The first-order valence-corrected chi connectivity index (χ1v) is 9.83. The molecule has 0 heterocycles. The molecule has 1 aliphatic rings. The van der Waals surface area contributed by atoms with Crippen LogP contribution in [-0.4, -0.2) is 12.3 Å². The van der Waals surface area contributed by atoms with E-state index in [2.05, 4.69) is 0 Å². The van der Waals surface area contributed by atoms with E-state index in [0.717, 1.165) is 17.7 Å². The second-order valence-electron chi connectivity index (χ2n) is 7.74. The van der Waals surface area contributed by atoms with E-state index >= 15 is 0 Å². The molecule has 0 saturated heterocycles. The van der Waals surface area contributed by atoms with Gasteiger partial charge in [-0.3, -0.25) is 0 Å². The summed E-state index contributed by atoms with van der Waals surface area (Å²) in [5.74, 6) is -4.01. The van der Waals surface area contributed by atoms with Gasteiger partial charge in [0.15, 0.2) is 5.83 Å². The highest BCUT2D eigenvalue weighted by Gasteiger charge is 2.40. The van der Waals surface area contributed by atoms with Gasteiger partial charge in [-0.05, 0) is 67.9 Å². The molecule has 1 aliphatic carbocycles. The minimum absolute atomic E-state index is 0.0188. The molecule has 0 spiro atoms. The summed E-state index contributed by atoms with van der Waals surface area (Å²) in [6, 6.07) is 10.5. The molecule has 0 radical (unpaired) electrons. The van der Waals surface area contributed by atoms with E-state index < -0.39 is 41.5 Å². The van der Waals surface area contributed by atoms with Crippen LogP contribution >= 0.6 is 0 Å². The molecule has 0 aliphatic heterocycles. The number of hydrogen-bond donors (Lipinski definition) is 0. The summed E-state index contributed by atoms with van der Waals surface area (Å²) in [6.07, 6.45) is -9.26. The van der Waals surface area contributed by atoms with Crippen LogP contribution in [0, 0.1) is 18.7 Å². The summed E-state index contributed by atoms with van der Waals surface area (Å²) in [6.45, 7) is 1.89. The fraction of sp³-hybridized carbons (Fsp3) is 0.391. The van der Waals surface area contributed by atoms with Crippen LogP contribution in [0.1, 0.15) is 36.8 Å². The first kappa shape index (κ1) is 23.3. The van der Waals surface area contributed by atoms with E-state index in [1.807, 2.05) is 19.1 Å². The lowest BCUT2D eigenvalue weighted by Crippen LogP contribution is -2.30. The minimum Gasteiger partial charge on any atom is -0.313 e. The summed E-state index contributed by atoms with van der Waals surface area (Å²) >= 11 is 0. The second-order valence-corrected chi connectivity index (χ2v) is 7.74. The summed E-state index contributed by atoms with van der Waals surface area (Å²) in [7, 11) is 0. The highest BCUT2D eigenvalue weighted by Crippen LogP contribution is 2.39. The average molecular weight is 446 g/mol. The highest BCUT2D eigenvalue weighted by atomic mass is 19.4. The number of alkyl halides is 5. The molecule has 0 atom stereocenters. The predicted molar refractivity (Wildman–Crippen MR) is 103 cm³/mol. The Morgan fingerprint density at radius 3 is 2.03 bits per heavy atom. The van der Waals surface area contributed by atoms with Gasteiger partial charge in [0, 0.05) is 0 Å². The molecule has 0 unspecified atom stereocenters. The molecule has 0 N–H and O–H groups in total. The van der Waals surface area contributed by atoms with Gasteiger partial charge in [0.1, 0.15) is 5.82 Å². The third kappa shape index (κ3) is 5.87. The average Bonchev–Trinajstić information content (AvgIpc) is 2.69. The van der Waals surface area contributed by atoms with Crippen molar-refractivity contribution in [2.75, 3.05) is 0 Å². The van der Waals surface area contributed by atoms with Crippen LogP contribution in [0.25, 0.3) is 11.1 Å². The van der Waals surface area contributed by atoms with E-state index in [9.17, 15) is 30.7 Å². The number of aryl methyl sites for hydroxylation is 1. The summed E-state index contributed by atoms with van der Waals surface area (Å²) < 4.78 is 98.3. The lowest BCUT2D eigenvalue weighted by Gasteiger charge is -2.30. The molecule has 8 heteroatoms. The summed E-state index contributed by atoms with van der Waals surface area (Å²) in [5.41, 5.74) is 1.22. The van der Waals surface area contributed by atoms with Crippen molar-refractivity contribution >= 4 is 0 Å². The second kappa shape index (κ2) is 9.02. The molecule has 0 bridgehead atoms. The van der Waals surface area contributed by atoms with Crippen LogP contribution in [0.3, 0.4) is 0 Å². The van der Waals surface area contributed by atoms with Gasteiger partial charge < -0.3 is 4.74 Å². The van der Waals surface area contributed by atoms with E-state index in [1.165, 1.54) is 6.07 Å². The maximum atomic E-state index is 14.6. The Hall–Kier alpha value is -2.35. The van der Waals surface area contributed by atoms with Crippen LogP contribution in [0.5, 0.6) is 0 Å². The van der Waals surface area contributed by atoms with Gasteiger partial charge in [-0.2, -0.15) is 22.0 Å². The Bertz CT molecular complexity index is 924. The van der Waals surface area contributed by atoms with Gasteiger partial charge in [-0.1, -0.05) is 35.9 Å². The predicted octanol–water partition coefficient (Wildman–Crippen LogP) is 7.84. The quantitative estimate of drug-likeness (QED) is 0.425. The fourth-order valence-electron chi connectivity index (χ4n) is 3.62. The zero-order valence-electron chi connectivity index (χ0n) is 16.7. The molecular weight excluding hydrogens is 425 g/mol. The van der Waals surface area contributed by atoms with Crippen LogP contribution in [0.2, 0.25) is 0 Å². The van der Waals surface area contributed by atoms with Crippen LogP contribution < -0.4 is 0 Å². The maximum Gasteiger partial charge on any atom is 0.442 e. The van der Waals surface area contributed by atoms with Crippen molar-refractivity contribution < 1.29 is 35.5 Å². The number of allylic oxidation sites excluding steroid dienone is 2. The minimum atomic E-state index is -5.05. The third-order valence-electron chi connectivity index (χ3n) is 5.35. The number of benzene rings is 2. The Labute approximate surface area is 175 Å². The van der Waals surface area contributed by atoms with Gasteiger partial charge in [-0.15, -0.1) is 0 Å². The number of ether oxygens (including phenoxy) is 1. The van der Waals surface area contributed by atoms with Crippen molar-refractivity contribution in [3.8, 4) is 11.1 Å². The van der Waals surface area contributed by atoms with Gasteiger partial charge in [0.2, 0.25) is 0 Å². The molecule has 1 fully saturated rings. The Morgan fingerprint density at radius 1 is 0.903 bits per heavy atom. The zero-order chi connectivity index (χ0) is 22.8. The van der Waals surface area contributed by atoms with E-state index in [1.54, 1.807) is 12.1 Å². The molecule has 0 amide bonds. The smallest absolute Gasteiger partial charge is 0.313 e. The Kier molecular flexibility index (Phi) is 6.79. The van der Waals surface area contributed by atoms with Crippen molar-refractivity contribution in [2.45, 2.75) is 51.0 Å². The lowest BCUT2D eigenvalue weighted by atomic mass is 9.87. The molecule has 1 saturated carbocycles. The van der Waals surface area contributed by atoms with Crippen LogP contribution in [0.4, 0.5) is 30.7 Å². The van der Waals surface area contributed by atoms with Crippen molar-refractivity contribution in [1.29, 1.82) is 0 Å². The van der Waals surface area contributed by atoms with E-state index in [0.29, 0.717) is 17.2 Å². The largest absolute Gasteiger partial charge is 0.442 e. The van der Waals surface area contributed by atoms with Gasteiger partial charge in [0.25, 0.3) is 0 Å². The maximum absolute atomic E-state index is 14.6. The first-order chi connectivity index (χ1) is 14.5. The first-order valence-electron chi connectivity index (χ1n) is 9.83. The van der Waals surface area contributed by atoms with Crippen molar-refractivity contribution in [2.24, 2.45) is 5.92 Å².